The SMILES string of the molecule is CC(=O)c1cccc(NC(=O)CN[C@@H](C)c2ccccc2)c1. The molecular weight excluding hydrogens is 276 g/mol. The Bertz CT molecular complexity index is 653. The highest BCUT2D eigenvalue weighted by Crippen LogP contribution is 2.12. The summed E-state index contributed by atoms with van der Waals surface area (Å²) in [5.74, 6) is -0.157. The number of nitrogens with one attached hydrogen (secondary N) is 2. The van der Waals surface area contributed by atoms with Crippen LogP contribution in [0, 0.1) is 0 Å². The molecule has 0 fully saturated rings. The highest BCUT2D eigenvalue weighted by molar-refractivity contribution is 5.97. The molecule has 114 valence electrons. The van der Waals surface area contributed by atoms with Crippen LogP contribution in [-0.2, 0) is 4.79 Å². The number of Topliss-reactive ketones (excluding diaryl/α,β-unsaturated/α-hetero) is 1. The van der Waals surface area contributed by atoms with Gasteiger partial charge in [0, 0.05) is 17.3 Å². The van der Waals surface area contributed by atoms with Crippen molar-refractivity contribution in [1.29, 1.82) is 0 Å². The first-order chi connectivity index (χ1) is 10.6. The van der Waals surface area contributed by atoms with Crippen LogP contribution < -0.4 is 10.6 Å². The Hall–Kier alpha value is -2.46. The highest BCUT2D eigenvalue weighted by Gasteiger charge is 2.08. The molecule has 0 heterocycles. The zero-order chi connectivity index (χ0) is 15.9. The van der Waals surface area contributed by atoms with E-state index < -0.39 is 0 Å². The third-order valence-corrected chi connectivity index (χ3v) is 3.42. The Morgan fingerprint density at radius 1 is 1.05 bits per heavy atom. The molecule has 0 aromatic heterocycles. The zero-order valence-electron chi connectivity index (χ0n) is 12.8. The van der Waals surface area contributed by atoms with E-state index in [0.717, 1.165) is 5.56 Å². The Labute approximate surface area is 130 Å². The van der Waals surface area contributed by atoms with Gasteiger partial charge in [0.2, 0.25) is 5.91 Å². The molecule has 1 amide bonds. The van der Waals surface area contributed by atoms with Crippen molar-refractivity contribution < 1.29 is 9.59 Å². The van der Waals surface area contributed by atoms with Gasteiger partial charge in [-0.15, -0.1) is 0 Å². The zero-order valence-corrected chi connectivity index (χ0v) is 12.8. The van der Waals surface area contributed by atoms with E-state index >= 15 is 0 Å². The van der Waals surface area contributed by atoms with Crippen molar-refractivity contribution in [2.45, 2.75) is 19.9 Å². The second kappa shape index (κ2) is 7.52. The van der Waals surface area contributed by atoms with Gasteiger partial charge < -0.3 is 10.6 Å². The fourth-order valence-electron chi connectivity index (χ4n) is 2.13. The lowest BCUT2D eigenvalue weighted by molar-refractivity contribution is -0.115. The van der Waals surface area contributed by atoms with Crippen LogP contribution in [0.4, 0.5) is 5.69 Å². The van der Waals surface area contributed by atoms with Gasteiger partial charge in [-0.2, -0.15) is 0 Å². The van der Waals surface area contributed by atoms with E-state index in [1.54, 1.807) is 24.3 Å². The average molecular weight is 296 g/mol. The lowest BCUT2D eigenvalue weighted by Gasteiger charge is -2.14. The summed E-state index contributed by atoms with van der Waals surface area (Å²) < 4.78 is 0. The molecule has 0 aliphatic rings. The van der Waals surface area contributed by atoms with E-state index in [1.165, 1.54) is 6.92 Å². The van der Waals surface area contributed by atoms with Gasteiger partial charge in [-0.1, -0.05) is 42.5 Å². The van der Waals surface area contributed by atoms with Gasteiger partial charge >= 0.3 is 0 Å². The molecule has 2 aromatic rings. The number of carbonyl (C=O) groups is 2. The topological polar surface area (TPSA) is 58.2 Å². The number of benzene rings is 2. The fourth-order valence-corrected chi connectivity index (χ4v) is 2.13. The third-order valence-electron chi connectivity index (χ3n) is 3.42. The number of rotatable bonds is 6. The molecule has 0 radical (unpaired) electrons. The minimum Gasteiger partial charge on any atom is -0.325 e. The second-order valence-electron chi connectivity index (χ2n) is 5.20. The van der Waals surface area contributed by atoms with Gasteiger partial charge in [0.25, 0.3) is 0 Å². The average Bonchev–Trinajstić information content (AvgIpc) is 2.53. The van der Waals surface area contributed by atoms with Gasteiger partial charge in [0.15, 0.2) is 5.78 Å². The summed E-state index contributed by atoms with van der Waals surface area (Å²) in [6.07, 6.45) is 0. The lowest BCUT2D eigenvalue weighted by atomic mass is 10.1. The first kappa shape index (κ1) is 15.9. The Morgan fingerprint density at radius 2 is 1.77 bits per heavy atom. The van der Waals surface area contributed by atoms with Crippen molar-refractivity contribution in [1.82, 2.24) is 5.32 Å². The van der Waals surface area contributed by atoms with Gasteiger partial charge in [0.1, 0.15) is 0 Å². The van der Waals surface area contributed by atoms with Crippen LogP contribution in [0.2, 0.25) is 0 Å². The molecule has 0 saturated carbocycles. The fraction of sp³-hybridized carbons (Fsp3) is 0.222. The largest absolute Gasteiger partial charge is 0.325 e. The van der Waals surface area contributed by atoms with Crippen LogP contribution in [0.25, 0.3) is 0 Å². The van der Waals surface area contributed by atoms with E-state index in [9.17, 15) is 9.59 Å². The maximum absolute atomic E-state index is 12.0. The van der Waals surface area contributed by atoms with Gasteiger partial charge in [-0.3, -0.25) is 9.59 Å². The Morgan fingerprint density at radius 3 is 2.45 bits per heavy atom. The summed E-state index contributed by atoms with van der Waals surface area (Å²) in [4.78, 5) is 23.3. The van der Waals surface area contributed by atoms with Gasteiger partial charge in [-0.25, -0.2) is 0 Å². The first-order valence-corrected chi connectivity index (χ1v) is 7.25. The van der Waals surface area contributed by atoms with Crippen LogP contribution in [0.3, 0.4) is 0 Å². The smallest absolute Gasteiger partial charge is 0.238 e. The number of amides is 1. The number of hydrogen-bond acceptors (Lipinski definition) is 3. The maximum atomic E-state index is 12.0. The third kappa shape index (κ3) is 4.53. The number of ketones is 1. The molecule has 4 heteroatoms. The minimum atomic E-state index is -0.136. The molecule has 1 atom stereocenters. The van der Waals surface area contributed by atoms with Crippen molar-refractivity contribution in [3.8, 4) is 0 Å². The highest BCUT2D eigenvalue weighted by atomic mass is 16.2. The minimum absolute atomic E-state index is 0.0214. The van der Waals surface area contributed by atoms with Crippen molar-refractivity contribution in [2.24, 2.45) is 0 Å². The van der Waals surface area contributed by atoms with Crippen LogP contribution in [0.5, 0.6) is 0 Å². The molecule has 2 N–H and O–H groups in total. The van der Waals surface area contributed by atoms with Crippen molar-refractivity contribution in [3.05, 3.63) is 65.7 Å². The number of carbonyl (C=O) groups excluding carboxylic acids is 2. The lowest BCUT2D eigenvalue weighted by Crippen LogP contribution is -2.30. The van der Waals surface area contributed by atoms with Crippen LogP contribution in [0.15, 0.2) is 54.6 Å². The van der Waals surface area contributed by atoms with Crippen LogP contribution in [0.1, 0.15) is 35.8 Å². The quantitative estimate of drug-likeness (QED) is 0.805. The molecule has 0 aliphatic heterocycles. The monoisotopic (exact) mass is 296 g/mol. The Balaban J connectivity index is 1.88. The summed E-state index contributed by atoms with van der Waals surface area (Å²) in [7, 11) is 0. The van der Waals surface area contributed by atoms with Crippen LogP contribution in [-0.4, -0.2) is 18.2 Å². The molecule has 22 heavy (non-hydrogen) atoms. The molecule has 2 aromatic carbocycles. The van der Waals surface area contributed by atoms with Gasteiger partial charge in [-0.05, 0) is 31.5 Å². The van der Waals surface area contributed by atoms with E-state index in [2.05, 4.69) is 10.6 Å². The number of anilines is 1. The standard InChI is InChI=1S/C18H20N2O2/c1-13(15-7-4-3-5-8-15)19-12-18(22)20-17-10-6-9-16(11-17)14(2)21/h3-11,13,19H,12H2,1-2H3,(H,20,22)/t13-/m0/s1. The second-order valence-corrected chi connectivity index (χ2v) is 5.20. The predicted octanol–water partition coefficient (Wildman–Crippen LogP) is 3.18. The molecule has 0 bridgehead atoms. The van der Waals surface area contributed by atoms with Crippen molar-refractivity contribution in [2.75, 3.05) is 11.9 Å². The predicted molar refractivity (Wildman–Crippen MR) is 87.9 cm³/mol. The summed E-state index contributed by atoms with van der Waals surface area (Å²) >= 11 is 0. The van der Waals surface area contributed by atoms with Crippen LogP contribution >= 0.6 is 0 Å². The van der Waals surface area contributed by atoms with Crippen molar-refractivity contribution >= 4 is 17.4 Å². The summed E-state index contributed by atoms with van der Waals surface area (Å²) in [5, 5.41) is 5.97. The van der Waals surface area contributed by atoms with Gasteiger partial charge in [0.05, 0.1) is 6.54 Å². The first-order valence-electron chi connectivity index (χ1n) is 7.25. The maximum Gasteiger partial charge on any atom is 0.238 e. The van der Waals surface area contributed by atoms with E-state index in [-0.39, 0.29) is 24.3 Å². The normalized spacial score (nSPS) is 11.7. The molecular formula is C18H20N2O2. The van der Waals surface area contributed by atoms with E-state index in [1.807, 2.05) is 37.3 Å². The molecule has 0 aliphatic carbocycles. The van der Waals surface area contributed by atoms with Crippen molar-refractivity contribution in [3.63, 3.8) is 0 Å². The molecule has 0 unspecified atom stereocenters. The Kier molecular flexibility index (Phi) is 5.44. The summed E-state index contributed by atoms with van der Waals surface area (Å²) in [6.45, 7) is 3.73. The molecule has 4 nitrogen and oxygen atoms in total. The molecule has 0 spiro atoms. The molecule has 2 rings (SSSR count). The molecule has 0 saturated heterocycles. The summed E-state index contributed by atoms with van der Waals surface area (Å²) in [5.41, 5.74) is 2.35. The summed E-state index contributed by atoms with van der Waals surface area (Å²) in [6, 6.07) is 17.0. The number of hydrogen-bond donors (Lipinski definition) is 2. The van der Waals surface area contributed by atoms with E-state index in [4.69, 9.17) is 0 Å². The van der Waals surface area contributed by atoms with E-state index in [0.29, 0.717) is 11.3 Å².